The van der Waals surface area contributed by atoms with Crippen LogP contribution in [0.2, 0.25) is 0 Å². The molecule has 1 aliphatic carbocycles. The van der Waals surface area contributed by atoms with Crippen molar-refractivity contribution in [2.75, 3.05) is 5.01 Å². The maximum absolute atomic E-state index is 13.5. The molecule has 2 aromatic carbocycles. The molecule has 4 aromatic rings. The van der Waals surface area contributed by atoms with Crippen molar-refractivity contribution in [1.29, 1.82) is 0 Å². The van der Waals surface area contributed by atoms with E-state index in [0.717, 1.165) is 40.4 Å². The van der Waals surface area contributed by atoms with Crippen LogP contribution in [0.5, 0.6) is 0 Å². The lowest BCUT2D eigenvalue weighted by Crippen LogP contribution is -2.26. The quantitative estimate of drug-likeness (QED) is 0.178. The van der Waals surface area contributed by atoms with E-state index in [-0.39, 0.29) is 11.7 Å². The maximum Gasteiger partial charge on any atom is 0.433 e. The van der Waals surface area contributed by atoms with E-state index in [1.54, 1.807) is 0 Å². The lowest BCUT2D eigenvalue weighted by Gasteiger charge is -2.18. The van der Waals surface area contributed by atoms with E-state index in [9.17, 15) is 14.9 Å². The van der Waals surface area contributed by atoms with Gasteiger partial charge in [-0.05, 0) is 73.2 Å². The molecule has 10 heteroatoms. The van der Waals surface area contributed by atoms with Crippen LogP contribution in [0, 0.1) is 10.1 Å². The number of hydrazone groups is 1. The number of benzene rings is 2. The topological polar surface area (TPSA) is 102 Å². The first kappa shape index (κ1) is 21.5. The van der Waals surface area contributed by atoms with Crippen LogP contribution >= 0.6 is 27.3 Å². The summed E-state index contributed by atoms with van der Waals surface area (Å²) in [6, 6.07) is 14.1. The van der Waals surface area contributed by atoms with Gasteiger partial charge in [0.15, 0.2) is 5.76 Å². The van der Waals surface area contributed by atoms with E-state index in [1.165, 1.54) is 45.8 Å². The van der Waals surface area contributed by atoms with Crippen molar-refractivity contribution in [2.24, 2.45) is 5.10 Å². The number of amides is 1. The van der Waals surface area contributed by atoms with Gasteiger partial charge in [0.2, 0.25) is 5.13 Å². The summed E-state index contributed by atoms with van der Waals surface area (Å²) in [4.78, 5) is 28.4. The number of hydrogen-bond acceptors (Lipinski definition) is 7. The number of fused-ring (bicyclic) bond motifs is 2. The van der Waals surface area contributed by atoms with Crippen molar-refractivity contribution < 1.29 is 14.1 Å². The third-order valence-corrected chi connectivity index (χ3v) is 6.89. The van der Waals surface area contributed by atoms with Crippen molar-refractivity contribution in [1.82, 2.24) is 4.98 Å². The van der Waals surface area contributed by atoms with Crippen molar-refractivity contribution in [3.63, 3.8) is 0 Å². The molecule has 0 N–H and O–H groups in total. The summed E-state index contributed by atoms with van der Waals surface area (Å²) in [6.45, 7) is 0. The van der Waals surface area contributed by atoms with Crippen LogP contribution in [0.1, 0.15) is 40.1 Å². The van der Waals surface area contributed by atoms with Crippen molar-refractivity contribution in [3.05, 3.63) is 85.6 Å². The molecule has 5 rings (SSSR count). The molecule has 33 heavy (non-hydrogen) atoms. The molecule has 2 heterocycles. The van der Waals surface area contributed by atoms with Crippen LogP contribution in [-0.2, 0) is 12.8 Å². The second-order valence-electron chi connectivity index (χ2n) is 7.59. The zero-order valence-electron chi connectivity index (χ0n) is 17.2. The Morgan fingerprint density at radius 2 is 1.97 bits per heavy atom. The van der Waals surface area contributed by atoms with Gasteiger partial charge < -0.3 is 4.42 Å². The van der Waals surface area contributed by atoms with Gasteiger partial charge in [-0.15, -0.1) is 0 Å². The van der Waals surface area contributed by atoms with Crippen LogP contribution in [-0.4, -0.2) is 22.0 Å². The first-order chi connectivity index (χ1) is 16.0. The van der Waals surface area contributed by atoms with Gasteiger partial charge in [-0.1, -0.05) is 33.3 Å². The molecule has 0 saturated heterocycles. The Morgan fingerprint density at radius 3 is 2.76 bits per heavy atom. The molecule has 0 spiro atoms. The molecule has 0 radical (unpaired) electrons. The van der Waals surface area contributed by atoms with Gasteiger partial charge in [0.25, 0.3) is 5.91 Å². The van der Waals surface area contributed by atoms with E-state index in [0.29, 0.717) is 10.7 Å². The van der Waals surface area contributed by atoms with Gasteiger partial charge in [-0.25, -0.2) is 4.98 Å². The molecule has 0 atom stereocenters. The highest BCUT2D eigenvalue weighted by atomic mass is 79.9. The predicted molar refractivity (Wildman–Crippen MR) is 130 cm³/mol. The Balaban J connectivity index is 1.54. The summed E-state index contributed by atoms with van der Waals surface area (Å²) < 4.78 is 6.96. The number of aromatic nitrogens is 1. The van der Waals surface area contributed by atoms with Crippen LogP contribution in [0.3, 0.4) is 0 Å². The standard InChI is InChI=1S/C23H17BrN4O4S/c24-17-7-9-19-20(12-17)33-23(26-19)27(25-13-18-8-10-21(32-18)28(30)31)22(29)16-6-5-14-3-1-2-4-15(14)11-16/h5-13H,1-4H2/b25-13+. The Bertz CT molecular complexity index is 1410. The highest BCUT2D eigenvalue weighted by Crippen LogP contribution is 2.32. The summed E-state index contributed by atoms with van der Waals surface area (Å²) in [7, 11) is 0. The Morgan fingerprint density at radius 1 is 1.15 bits per heavy atom. The minimum Gasteiger partial charge on any atom is -0.400 e. The van der Waals surface area contributed by atoms with Crippen molar-refractivity contribution >= 4 is 60.6 Å². The summed E-state index contributed by atoms with van der Waals surface area (Å²) in [5, 5.41) is 16.8. The number of nitro groups is 1. The average Bonchev–Trinajstić information content (AvgIpc) is 3.46. The van der Waals surface area contributed by atoms with E-state index in [1.807, 2.05) is 36.4 Å². The number of hydrogen-bond donors (Lipinski definition) is 0. The number of carbonyl (C=O) groups excluding carboxylic acids is 1. The van der Waals surface area contributed by atoms with Gasteiger partial charge in [0, 0.05) is 10.0 Å². The SMILES string of the molecule is O=C(c1ccc2c(c1)CCCC2)N(/N=C/c1ccc([N+](=O)[O-])o1)c1nc2ccc(Br)cc2s1. The van der Waals surface area contributed by atoms with Crippen LogP contribution in [0.15, 0.2) is 62.5 Å². The molecule has 0 bridgehead atoms. The van der Waals surface area contributed by atoms with E-state index >= 15 is 0 Å². The minimum atomic E-state index is -0.626. The number of furan rings is 1. The monoisotopic (exact) mass is 524 g/mol. The predicted octanol–water partition coefficient (Wildman–Crippen LogP) is 6.12. The average molecular weight is 525 g/mol. The number of rotatable bonds is 5. The largest absolute Gasteiger partial charge is 0.433 e. The molecule has 166 valence electrons. The highest BCUT2D eigenvalue weighted by Gasteiger charge is 2.23. The number of thiazole rings is 1. The first-order valence-corrected chi connectivity index (χ1v) is 11.9. The Hall–Kier alpha value is -3.37. The van der Waals surface area contributed by atoms with E-state index < -0.39 is 10.8 Å². The third kappa shape index (κ3) is 4.44. The van der Waals surface area contributed by atoms with Crippen LogP contribution in [0.25, 0.3) is 10.2 Å². The number of nitrogens with zero attached hydrogens (tertiary/aromatic N) is 4. The first-order valence-electron chi connectivity index (χ1n) is 10.3. The Labute approximate surface area is 200 Å². The third-order valence-electron chi connectivity index (χ3n) is 5.40. The van der Waals surface area contributed by atoms with Gasteiger partial charge >= 0.3 is 5.88 Å². The van der Waals surface area contributed by atoms with Crippen molar-refractivity contribution in [3.8, 4) is 0 Å². The number of anilines is 1. The molecule has 0 saturated carbocycles. The smallest absolute Gasteiger partial charge is 0.400 e. The maximum atomic E-state index is 13.5. The van der Waals surface area contributed by atoms with E-state index in [2.05, 4.69) is 26.0 Å². The van der Waals surface area contributed by atoms with Crippen LogP contribution < -0.4 is 5.01 Å². The number of halogens is 1. The molecule has 0 fully saturated rings. The fourth-order valence-corrected chi connectivity index (χ4v) is 5.25. The molecule has 0 aliphatic heterocycles. The van der Waals surface area contributed by atoms with Crippen LogP contribution in [0.4, 0.5) is 11.0 Å². The van der Waals surface area contributed by atoms with Gasteiger partial charge in [0.05, 0.1) is 22.5 Å². The van der Waals surface area contributed by atoms with Gasteiger partial charge in [-0.3, -0.25) is 14.9 Å². The fraction of sp³-hybridized carbons (Fsp3) is 0.174. The van der Waals surface area contributed by atoms with E-state index in [4.69, 9.17) is 4.42 Å². The molecular weight excluding hydrogens is 508 g/mol. The number of aryl methyl sites for hydroxylation is 2. The molecule has 2 aromatic heterocycles. The second kappa shape index (κ2) is 8.87. The Kier molecular flexibility index (Phi) is 5.77. The zero-order chi connectivity index (χ0) is 22.9. The van der Waals surface area contributed by atoms with Gasteiger partial charge in [0.1, 0.15) is 4.92 Å². The second-order valence-corrected chi connectivity index (χ2v) is 9.52. The highest BCUT2D eigenvalue weighted by molar-refractivity contribution is 9.10. The molecule has 1 aliphatic rings. The number of carbonyl (C=O) groups is 1. The van der Waals surface area contributed by atoms with Gasteiger partial charge in [-0.2, -0.15) is 10.1 Å². The molecular formula is C23H17BrN4O4S. The zero-order valence-corrected chi connectivity index (χ0v) is 19.6. The lowest BCUT2D eigenvalue weighted by molar-refractivity contribution is -0.402. The molecule has 0 unspecified atom stereocenters. The fourth-order valence-electron chi connectivity index (χ4n) is 3.78. The summed E-state index contributed by atoms with van der Waals surface area (Å²) in [6.07, 6.45) is 5.52. The summed E-state index contributed by atoms with van der Waals surface area (Å²) in [5.41, 5.74) is 3.72. The normalized spacial score (nSPS) is 13.4. The van der Waals surface area contributed by atoms with Crippen molar-refractivity contribution in [2.45, 2.75) is 25.7 Å². The lowest BCUT2D eigenvalue weighted by atomic mass is 9.90. The summed E-state index contributed by atoms with van der Waals surface area (Å²) in [5.74, 6) is -0.568. The summed E-state index contributed by atoms with van der Waals surface area (Å²) >= 11 is 4.78. The molecule has 1 amide bonds. The molecule has 8 nitrogen and oxygen atoms in total. The minimum absolute atomic E-state index is 0.161.